The Bertz CT molecular complexity index is 1120. The molecular weight excluding hydrogens is 340 g/mol. The highest BCUT2D eigenvalue weighted by atomic mass is 16.5. The average molecular weight is 364 g/mol. The standard InChI is InChI=1S/C20H24N6O/c1-13-14(2)25(11-10-24(3)4)19-17(13)20-22-18(23-26(20)12-21-19)15-8-6-7-9-16(15)27-5/h6-9,12H,10-11H2,1-5H3. The second-order valence-corrected chi connectivity index (χ2v) is 7.01. The van der Waals surface area contributed by atoms with Crippen molar-refractivity contribution in [3.63, 3.8) is 0 Å². The summed E-state index contributed by atoms with van der Waals surface area (Å²) < 4.78 is 9.49. The number of benzene rings is 1. The van der Waals surface area contributed by atoms with Crippen molar-refractivity contribution in [2.75, 3.05) is 27.7 Å². The third-order valence-electron chi connectivity index (χ3n) is 5.06. The van der Waals surface area contributed by atoms with Gasteiger partial charge in [0, 0.05) is 18.8 Å². The molecule has 0 radical (unpaired) electrons. The largest absolute Gasteiger partial charge is 0.496 e. The Morgan fingerprint density at radius 2 is 1.89 bits per heavy atom. The maximum absolute atomic E-state index is 5.47. The van der Waals surface area contributed by atoms with Crippen LogP contribution in [-0.2, 0) is 6.54 Å². The molecule has 0 aliphatic rings. The lowest BCUT2D eigenvalue weighted by Crippen LogP contribution is -2.19. The molecule has 27 heavy (non-hydrogen) atoms. The molecule has 7 heteroatoms. The predicted molar refractivity (Wildman–Crippen MR) is 106 cm³/mol. The fourth-order valence-electron chi connectivity index (χ4n) is 3.45. The molecule has 140 valence electrons. The van der Waals surface area contributed by atoms with Crippen LogP contribution in [0.5, 0.6) is 5.75 Å². The van der Waals surface area contributed by atoms with Gasteiger partial charge < -0.3 is 14.2 Å². The number of aryl methyl sites for hydroxylation is 1. The van der Waals surface area contributed by atoms with Crippen LogP contribution in [0.2, 0.25) is 0 Å². The molecule has 0 saturated carbocycles. The van der Waals surface area contributed by atoms with Crippen molar-refractivity contribution in [3.8, 4) is 17.1 Å². The molecule has 3 aromatic heterocycles. The summed E-state index contributed by atoms with van der Waals surface area (Å²) in [5, 5.41) is 5.70. The van der Waals surface area contributed by atoms with Crippen molar-refractivity contribution >= 4 is 16.7 Å². The van der Waals surface area contributed by atoms with Gasteiger partial charge in [-0.25, -0.2) is 14.5 Å². The van der Waals surface area contributed by atoms with E-state index in [1.54, 1.807) is 18.0 Å². The second-order valence-electron chi connectivity index (χ2n) is 7.01. The lowest BCUT2D eigenvalue weighted by atomic mass is 10.2. The molecule has 0 fully saturated rings. The lowest BCUT2D eigenvalue weighted by Gasteiger charge is -2.12. The first-order valence-corrected chi connectivity index (χ1v) is 9.00. The third kappa shape index (κ3) is 2.84. The number of fused-ring (bicyclic) bond motifs is 3. The van der Waals surface area contributed by atoms with E-state index in [4.69, 9.17) is 14.7 Å². The third-order valence-corrected chi connectivity index (χ3v) is 5.06. The summed E-state index contributed by atoms with van der Waals surface area (Å²) >= 11 is 0. The number of methoxy groups -OCH3 is 1. The number of rotatable bonds is 5. The molecule has 0 saturated heterocycles. The SMILES string of the molecule is COc1ccccc1-c1nc2c3c(C)c(C)n(CCN(C)C)c3ncn2n1. The maximum Gasteiger partial charge on any atom is 0.185 e. The number of para-hydroxylation sites is 1. The Hall–Kier alpha value is -2.93. The minimum absolute atomic E-state index is 0.639. The fourth-order valence-corrected chi connectivity index (χ4v) is 3.45. The first-order valence-electron chi connectivity index (χ1n) is 9.00. The van der Waals surface area contributed by atoms with Crippen LogP contribution in [0.3, 0.4) is 0 Å². The van der Waals surface area contributed by atoms with Gasteiger partial charge in [-0.15, -0.1) is 5.10 Å². The Morgan fingerprint density at radius 3 is 2.63 bits per heavy atom. The highest BCUT2D eigenvalue weighted by molar-refractivity contribution is 5.94. The van der Waals surface area contributed by atoms with Crippen molar-refractivity contribution in [2.24, 2.45) is 0 Å². The maximum atomic E-state index is 5.47. The van der Waals surface area contributed by atoms with Gasteiger partial charge in [0.25, 0.3) is 0 Å². The zero-order chi connectivity index (χ0) is 19.1. The molecule has 0 unspecified atom stereocenters. The number of ether oxygens (including phenoxy) is 1. The van der Waals surface area contributed by atoms with Crippen molar-refractivity contribution in [1.29, 1.82) is 0 Å². The van der Waals surface area contributed by atoms with Gasteiger partial charge >= 0.3 is 0 Å². The van der Waals surface area contributed by atoms with Crippen molar-refractivity contribution < 1.29 is 4.74 Å². The van der Waals surface area contributed by atoms with Crippen LogP contribution in [0.4, 0.5) is 0 Å². The number of aromatic nitrogens is 5. The van der Waals surface area contributed by atoms with Crippen LogP contribution >= 0.6 is 0 Å². The van der Waals surface area contributed by atoms with E-state index in [1.165, 1.54) is 11.3 Å². The van der Waals surface area contributed by atoms with E-state index in [-0.39, 0.29) is 0 Å². The molecule has 0 aliphatic heterocycles. The lowest BCUT2D eigenvalue weighted by molar-refractivity contribution is 0.384. The second kappa shape index (κ2) is 6.66. The van der Waals surface area contributed by atoms with Gasteiger partial charge in [-0.3, -0.25) is 0 Å². The molecule has 0 bridgehead atoms. The van der Waals surface area contributed by atoms with E-state index >= 15 is 0 Å². The first kappa shape index (κ1) is 17.5. The highest BCUT2D eigenvalue weighted by Crippen LogP contribution is 2.31. The molecule has 4 aromatic rings. The van der Waals surface area contributed by atoms with Gasteiger partial charge in [0.15, 0.2) is 11.5 Å². The van der Waals surface area contributed by atoms with Gasteiger partial charge in [0.2, 0.25) is 0 Å². The van der Waals surface area contributed by atoms with E-state index in [0.717, 1.165) is 41.1 Å². The molecule has 0 amide bonds. The normalized spacial score (nSPS) is 11.8. The molecule has 4 rings (SSSR count). The molecule has 3 heterocycles. The zero-order valence-corrected chi connectivity index (χ0v) is 16.4. The molecule has 0 spiro atoms. The first-order chi connectivity index (χ1) is 13.0. The molecule has 0 atom stereocenters. The molecular formula is C20H24N6O. The zero-order valence-electron chi connectivity index (χ0n) is 16.4. The van der Waals surface area contributed by atoms with Crippen LogP contribution in [0.1, 0.15) is 11.3 Å². The summed E-state index contributed by atoms with van der Waals surface area (Å²) in [5.74, 6) is 1.40. The summed E-state index contributed by atoms with van der Waals surface area (Å²) in [4.78, 5) is 11.7. The van der Waals surface area contributed by atoms with E-state index in [2.05, 4.69) is 42.5 Å². The Morgan fingerprint density at radius 1 is 1.11 bits per heavy atom. The van der Waals surface area contributed by atoms with Crippen LogP contribution < -0.4 is 4.74 Å². The number of hydrogen-bond acceptors (Lipinski definition) is 5. The Balaban J connectivity index is 1.92. The molecule has 7 nitrogen and oxygen atoms in total. The van der Waals surface area contributed by atoms with Crippen molar-refractivity contribution in [2.45, 2.75) is 20.4 Å². The number of likely N-dealkylation sites (N-methyl/N-ethyl adjacent to an activating group) is 1. The summed E-state index contributed by atoms with van der Waals surface area (Å²) in [6.45, 7) is 6.11. The predicted octanol–water partition coefficient (Wildman–Crippen LogP) is 2.93. The highest BCUT2D eigenvalue weighted by Gasteiger charge is 2.19. The van der Waals surface area contributed by atoms with Gasteiger partial charge in [0.1, 0.15) is 17.7 Å². The molecule has 1 aromatic carbocycles. The van der Waals surface area contributed by atoms with Crippen LogP contribution in [0.25, 0.3) is 28.1 Å². The average Bonchev–Trinajstić information content (AvgIpc) is 3.20. The Kier molecular flexibility index (Phi) is 4.31. The quantitative estimate of drug-likeness (QED) is 0.545. The summed E-state index contributed by atoms with van der Waals surface area (Å²) in [5.41, 5.74) is 5.07. The number of nitrogens with zero attached hydrogens (tertiary/aromatic N) is 6. The topological polar surface area (TPSA) is 60.5 Å². The van der Waals surface area contributed by atoms with E-state index in [1.807, 2.05) is 24.3 Å². The van der Waals surface area contributed by atoms with Crippen LogP contribution in [0, 0.1) is 13.8 Å². The van der Waals surface area contributed by atoms with E-state index in [9.17, 15) is 0 Å². The van der Waals surface area contributed by atoms with Gasteiger partial charge in [-0.05, 0) is 45.6 Å². The molecule has 0 aliphatic carbocycles. The van der Waals surface area contributed by atoms with Crippen LogP contribution in [-0.4, -0.2) is 56.8 Å². The van der Waals surface area contributed by atoms with Crippen molar-refractivity contribution in [1.82, 2.24) is 29.0 Å². The molecule has 0 N–H and O–H groups in total. The smallest absolute Gasteiger partial charge is 0.185 e. The van der Waals surface area contributed by atoms with Gasteiger partial charge in [-0.1, -0.05) is 12.1 Å². The van der Waals surface area contributed by atoms with Crippen molar-refractivity contribution in [3.05, 3.63) is 41.9 Å². The Labute approximate surface area is 158 Å². The minimum atomic E-state index is 0.639. The van der Waals surface area contributed by atoms with Gasteiger partial charge in [0.05, 0.1) is 18.1 Å². The fraction of sp³-hybridized carbons (Fsp3) is 0.350. The summed E-state index contributed by atoms with van der Waals surface area (Å²) in [7, 11) is 5.82. The summed E-state index contributed by atoms with van der Waals surface area (Å²) in [6, 6.07) is 7.79. The van der Waals surface area contributed by atoms with E-state index < -0.39 is 0 Å². The van der Waals surface area contributed by atoms with Gasteiger partial charge in [-0.2, -0.15) is 0 Å². The minimum Gasteiger partial charge on any atom is -0.496 e. The van der Waals surface area contributed by atoms with Crippen LogP contribution in [0.15, 0.2) is 30.6 Å². The van der Waals surface area contributed by atoms with E-state index in [0.29, 0.717) is 5.82 Å². The monoisotopic (exact) mass is 364 g/mol. The number of hydrogen-bond donors (Lipinski definition) is 0. The summed E-state index contributed by atoms with van der Waals surface area (Å²) in [6.07, 6.45) is 1.74.